The molecule has 3 atom stereocenters. The first kappa shape index (κ1) is 6.66. The van der Waals surface area contributed by atoms with Gasteiger partial charge in [0.2, 0.25) is 0 Å². The molecule has 0 heterocycles. The summed E-state index contributed by atoms with van der Waals surface area (Å²) in [6, 6.07) is 0. The lowest BCUT2D eigenvalue weighted by molar-refractivity contribution is -0.132. The van der Waals surface area contributed by atoms with Crippen LogP contribution in [-0.2, 0) is 0 Å². The van der Waals surface area contributed by atoms with E-state index in [0.717, 1.165) is 12.3 Å². The molecule has 0 bridgehead atoms. The predicted octanol–water partition coefficient (Wildman–Crippen LogP) is 1.95. The highest BCUT2D eigenvalue weighted by Gasteiger charge is 2.51. The molecule has 2 saturated carbocycles. The highest BCUT2D eigenvalue weighted by molar-refractivity contribution is 5.01. The Balaban J connectivity index is 2.08. The van der Waals surface area contributed by atoms with Crippen LogP contribution >= 0.6 is 0 Å². The predicted molar refractivity (Wildman–Crippen MR) is 40.7 cm³/mol. The van der Waals surface area contributed by atoms with E-state index in [1.54, 1.807) is 0 Å². The van der Waals surface area contributed by atoms with Gasteiger partial charge in [-0.2, -0.15) is 0 Å². The number of aliphatic hydroxyl groups is 1. The van der Waals surface area contributed by atoms with Gasteiger partial charge in [0.25, 0.3) is 0 Å². The fourth-order valence-corrected chi connectivity index (χ4v) is 2.63. The SMILES string of the molecule is CC12CCCCC1CC2O. The molecule has 1 N–H and O–H groups in total. The van der Waals surface area contributed by atoms with Gasteiger partial charge in [-0.25, -0.2) is 0 Å². The Morgan fingerprint density at radius 1 is 1.40 bits per heavy atom. The zero-order valence-electron chi connectivity index (χ0n) is 6.64. The molecule has 0 radical (unpaired) electrons. The van der Waals surface area contributed by atoms with Crippen LogP contribution in [0, 0.1) is 11.3 Å². The van der Waals surface area contributed by atoms with E-state index >= 15 is 0 Å². The second-order valence-electron chi connectivity index (χ2n) is 4.20. The summed E-state index contributed by atoms with van der Waals surface area (Å²) in [5.74, 6) is 0.858. The summed E-state index contributed by atoms with van der Waals surface area (Å²) in [4.78, 5) is 0. The van der Waals surface area contributed by atoms with Gasteiger partial charge in [-0.1, -0.05) is 19.8 Å². The first-order valence-corrected chi connectivity index (χ1v) is 4.41. The molecule has 2 aliphatic rings. The lowest BCUT2D eigenvalue weighted by atomic mass is 9.53. The molecular weight excluding hydrogens is 124 g/mol. The normalized spacial score (nSPS) is 53.4. The van der Waals surface area contributed by atoms with Gasteiger partial charge in [0.15, 0.2) is 0 Å². The molecule has 0 aliphatic heterocycles. The van der Waals surface area contributed by atoms with E-state index in [1.165, 1.54) is 25.7 Å². The smallest absolute Gasteiger partial charge is 0.0599 e. The van der Waals surface area contributed by atoms with Gasteiger partial charge in [0.05, 0.1) is 6.10 Å². The van der Waals surface area contributed by atoms with Crippen LogP contribution in [0.15, 0.2) is 0 Å². The Morgan fingerprint density at radius 3 is 2.70 bits per heavy atom. The molecule has 0 aromatic heterocycles. The Kier molecular flexibility index (Phi) is 1.31. The van der Waals surface area contributed by atoms with E-state index in [9.17, 15) is 5.11 Å². The van der Waals surface area contributed by atoms with E-state index in [0.29, 0.717) is 5.41 Å². The van der Waals surface area contributed by atoms with Crippen molar-refractivity contribution in [3.63, 3.8) is 0 Å². The maximum Gasteiger partial charge on any atom is 0.0599 e. The minimum Gasteiger partial charge on any atom is -0.393 e. The lowest BCUT2D eigenvalue weighted by Crippen LogP contribution is -2.52. The first-order valence-electron chi connectivity index (χ1n) is 4.41. The summed E-state index contributed by atoms with van der Waals surface area (Å²) in [5.41, 5.74) is 0.332. The van der Waals surface area contributed by atoms with Crippen LogP contribution < -0.4 is 0 Å². The molecule has 0 amide bonds. The van der Waals surface area contributed by atoms with Crippen LogP contribution in [0.25, 0.3) is 0 Å². The van der Waals surface area contributed by atoms with Crippen LogP contribution in [0.4, 0.5) is 0 Å². The topological polar surface area (TPSA) is 20.2 Å². The molecule has 0 aromatic rings. The van der Waals surface area contributed by atoms with Crippen LogP contribution in [0.5, 0.6) is 0 Å². The summed E-state index contributed by atoms with van der Waals surface area (Å²) in [6.45, 7) is 2.25. The largest absolute Gasteiger partial charge is 0.393 e. The van der Waals surface area contributed by atoms with Crippen molar-refractivity contribution < 1.29 is 5.11 Å². The van der Waals surface area contributed by atoms with Crippen molar-refractivity contribution in [1.82, 2.24) is 0 Å². The van der Waals surface area contributed by atoms with Crippen molar-refractivity contribution in [2.24, 2.45) is 11.3 Å². The molecule has 3 unspecified atom stereocenters. The van der Waals surface area contributed by atoms with Gasteiger partial charge in [-0.3, -0.25) is 0 Å². The number of fused-ring (bicyclic) bond motifs is 1. The maximum atomic E-state index is 9.50. The molecule has 0 saturated heterocycles. The molecule has 1 nitrogen and oxygen atoms in total. The van der Waals surface area contributed by atoms with Gasteiger partial charge in [0, 0.05) is 0 Å². The monoisotopic (exact) mass is 140 g/mol. The fourth-order valence-electron chi connectivity index (χ4n) is 2.63. The maximum absolute atomic E-state index is 9.50. The summed E-state index contributed by atoms with van der Waals surface area (Å²) < 4.78 is 0. The number of hydrogen-bond acceptors (Lipinski definition) is 1. The minimum absolute atomic E-state index is 0.0257. The fraction of sp³-hybridized carbons (Fsp3) is 1.00. The van der Waals surface area contributed by atoms with E-state index in [1.807, 2.05) is 0 Å². The van der Waals surface area contributed by atoms with Gasteiger partial charge >= 0.3 is 0 Å². The van der Waals surface area contributed by atoms with Crippen LogP contribution in [0.3, 0.4) is 0 Å². The van der Waals surface area contributed by atoms with Crippen molar-refractivity contribution in [1.29, 1.82) is 0 Å². The first-order chi connectivity index (χ1) is 4.73. The molecular formula is C9H16O. The van der Waals surface area contributed by atoms with E-state index in [-0.39, 0.29) is 6.10 Å². The van der Waals surface area contributed by atoms with Gasteiger partial charge < -0.3 is 5.11 Å². The standard InChI is InChI=1S/C9H16O/c1-9-5-3-2-4-7(9)6-8(9)10/h7-8,10H,2-6H2,1H3. The number of rotatable bonds is 0. The van der Waals surface area contributed by atoms with E-state index < -0.39 is 0 Å². The van der Waals surface area contributed by atoms with Crippen molar-refractivity contribution in [2.45, 2.75) is 45.1 Å². The van der Waals surface area contributed by atoms with Gasteiger partial charge in [-0.15, -0.1) is 0 Å². The molecule has 2 fully saturated rings. The lowest BCUT2D eigenvalue weighted by Gasteiger charge is -2.54. The molecule has 58 valence electrons. The van der Waals surface area contributed by atoms with E-state index in [4.69, 9.17) is 0 Å². The third kappa shape index (κ3) is 0.672. The molecule has 10 heavy (non-hydrogen) atoms. The molecule has 2 rings (SSSR count). The molecule has 1 heteroatoms. The zero-order valence-corrected chi connectivity index (χ0v) is 6.64. The van der Waals surface area contributed by atoms with Crippen LogP contribution in [-0.4, -0.2) is 11.2 Å². The Labute approximate surface area is 62.4 Å². The Bertz CT molecular complexity index is 142. The van der Waals surface area contributed by atoms with Crippen molar-refractivity contribution in [2.75, 3.05) is 0 Å². The molecule has 0 spiro atoms. The third-order valence-electron chi connectivity index (χ3n) is 3.72. The summed E-state index contributed by atoms with van der Waals surface area (Å²) >= 11 is 0. The molecule has 2 aliphatic carbocycles. The highest BCUT2D eigenvalue weighted by Crippen LogP contribution is 2.54. The number of aliphatic hydroxyl groups excluding tert-OH is 1. The quantitative estimate of drug-likeness (QED) is 0.545. The van der Waals surface area contributed by atoms with Crippen molar-refractivity contribution in [3.05, 3.63) is 0 Å². The Morgan fingerprint density at radius 2 is 2.20 bits per heavy atom. The van der Waals surface area contributed by atoms with E-state index in [2.05, 4.69) is 6.92 Å². The minimum atomic E-state index is 0.0257. The summed E-state index contributed by atoms with van der Waals surface area (Å²) in [5, 5.41) is 9.50. The highest BCUT2D eigenvalue weighted by atomic mass is 16.3. The van der Waals surface area contributed by atoms with Crippen molar-refractivity contribution in [3.8, 4) is 0 Å². The third-order valence-corrected chi connectivity index (χ3v) is 3.72. The second-order valence-corrected chi connectivity index (χ2v) is 4.20. The Hall–Kier alpha value is -0.0400. The average Bonchev–Trinajstić information content (AvgIpc) is 1.93. The summed E-state index contributed by atoms with van der Waals surface area (Å²) in [7, 11) is 0. The average molecular weight is 140 g/mol. The zero-order chi connectivity index (χ0) is 7.19. The number of hydrogen-bond donors (Lipinski definition) is 1. The van der Waals surface area contributed by atoms with Gasteiger partial charge in [-0.05, 0) is 30.6 Å². The van der Waals surface area contributed by atoms with Gasteiger partial charge in [0.1, 0.15) is 0 Å². The summed E-state index contributed by atoms with van der Waals surface area (Å²) in [6.07, 6.45) is 6.47. The van der Waals surface area contributed by atoms with Crippen molar-refractivity contribution >= 4 is 0 Å². The second kappa shape index (κ2) is 1.97. The van der Waals surface area contributed by atoms with Crippen LogP contribution in [0.2, 0.25) is 0 Å². The molecule has 0 aromatic carbocycles. The van der Waals surface area contributed by atoms with Crippen LogP contribution in [0.1, 0.15) is 39.0 Å².